The Morgan fingerprint density at radius 3 is 2.52 bits per heavy atom. The second-order valence-electron chi connectivity index (χ2n) is 7.19. The van der Waals surface area contributed by atoms with Crippen LogP contribution in [0, 0.1) is 5.41 Å². The fourth-order valence-corrected chi connectivity index (χ4v) is 3.72. The summed E-state index contributed by atoms with van der Waals surface area (Å²) in [6, 6.07) is 5.44. The Morgan fingerprint density at radius 2 is 2.00 bits per heavy atom. The maximum Gasteiger partial charge on any atom is 0.314 e. The van der Waals surface area contributed by atoms with Gasteiger partial charge in [-0.05, 0) is 30.5 Å². The van der Waals surface area contributed by atoms with E-state index in [1.54, 1.807) is 12.1 Å². The first kappa shape index (κ1) is 16.6. The van der Waals surface area contributed by atoms with E-state index < -0.39 is 11.4 Å². The summed E-state index contributed by atoms with van der Waals surface area (Å²) in [5, 5.41) is 10.2. The second kappa shape index (κ2) is 6.33. The van der Waals surface area contributed by atoms with E-state index >= 15 is 0 Å². The molecule has 1 saturated carbocycles. The molecule has 2 aliphatic rings. The second-order valence-corrected chi connectivity index (χ2v) is 7.59. The van der Waals surface area contributed by atoms with E-state index in [0.717, 1.165) is 24.8 Å². The number of carbonyl (C=O) groups is 1. The molecule has 1 aromatic carbocycles. The largest absolute Gasteiger partial charge is 0.491 e. The van der Waals surface area contributed by atoms with Crippen LogP contribution in [-0.2, 0) is 14.9 Å². The molecule has 0 aromatic heterocycles. The van der Waals surface area contributed by atoms with Crippen molar-refractivity contribution in [1.82, 2.24) is 0 Å². The first-order chi connectivity index (χ1) is 11.0. The van der Waals surface area contributed by atoms with Crippen LogP contribution in [0.5, 0.6) is 5.75 Å². The van der Waals surface area contributed by atoms with E-state index in [2.05, 4.69) is 6.92 Å². The third kappa shape index (κ3) is 3.20. The van der Waals surface area contributed by atoms with Crippen molar-refractivity contribution < 1.29 is 19.4 Å². The number of carboxylic acid groups (broad SMARTS) is 1. The predicted molar refractivity (Wildman–Crippen MR) is 88.3 cm³/mol. The van der Waals surface area contributed by atoms with Crippen molar-refractivity contribution in [3.05, 3.63) is 28.8 Å². The van der Waals surface area contributed by atoms with Crippen LogP contribution in [0.3, 0.4) is 0 Å². The summed E-state index contributed by atoms with van der Waals surface area (Å²) in [5.41, 5.74) is 0.0437. The summed E-state index contributed by atoms with van der Waals surface area (Å²) in [6.45, 7) is 4.06. The lowest BCUT2D eigenvalue weighted by Crippen LogP contribution is -2.44. The molecule has 1 saturated heterocycles. The molecule has 0 radical (unpaired) electrons. The topological polar surface area (TPSA) is 55.8 Å². The Labute approximate surface area is 141 Å². The third-order valence-electron chi connectivity index (χ3n) is 5.08. The van der Waals surface area contributed by atoms with Crippen molar-refractivity contribution in [3.63, 3.8) is 0 Å². The zero-order valence-electron chi connectivity index (χ0n) is 13.4. The average Bonchev–Trinajstić information content (AvgIpc) is 2.52. The minimum absolute atomic E-state index is 0.0493. The van der Waals surface area contributed by atoms with Crippen LogP contribution in [0.2, 0.25) is 5.02 Å². The molecule has 5 heteroatoms. The minimum atomic E-state index is -0.797. The lowest BCUT2D eigenvalue weighted by atomic mass is 9.69. The van der Waals surface area contributed by atoms with Crippen LogP contribution in [0.15, 0.2) is 18.2 Å². The van der Waals surface area contributed by atoms with Gasteiger partial charge in [-0.15, -0.1) is 0 Å². The number of hydrogen-bond donors (Lipinski definition) is 1. The van der Waals surface area contributed by atoms with Gasteiger partial charge in [0.15, 0.2) is 0 Å². The lowest BCUT2D eigenvalue weighted by Gasteiger charge is -2.37. The van der Waals surface area contributed by atoms with E-state index in [0.29, 0.717) is 43.4 Å². The van der Waals surface area contributed by atoms with Gasteiger partial charge in [0.05, 0.1) is 30.3 Å². The Morgan fingerprint density at radius 1 is 1.30 bits per heavy atom. The number of carboxylic acids is 1. The standard InChI is InChI=1S/C18H23ClO4/c1-17(10-22-11-17)12-23-15-6-5-13(9-14(15)19)18(16(20)21)7-3-2-4-8-18/h5-6,9H,2-4,7-8,10-12H2,1H3,(H,20,21). The molecule has 1 aromatic rings. The summed E-state index contributed by atoms with van der Waals surface area (Å²) in [6.07, 6.45) is 4.34. The quantitative estimate of drug-likeness (QED) is 0.880. The van der Waals surface area contributed by atoms with Gasteiger partial charge in [-0.1, -0.05) is 43.9 Å². The third-order valence-corrected chi connectivity index (χ3v) is 5.37. The zero-order chi connectivity index (χ0) is 16.5. The van der Waals surface area contributed by atoms with E-state index in [1.807, 2.05) is 6.07 Å². The highest BCUT2D eigenvalue weighted by Gasteiger charge is 2.41. The van der Waals surface area contributed by atoms with Gasteiger partial charge in [-0.3, -0.25) is 4.79 Å². The molecule has 0 bridgehead atoms. The van der Waals surface area contributed by atoms with Crippen molar-refractivity contribution in [3.8, 4) is 5.75 Å². The van der Waals surface area contributed by atoms with Gasteiger partial charge in [0.2, 0.25) is 0 Å². The number of halogens is 1. The van der Waals surface area contributed by atoms with Gasteiger partial charge in [-0.25, -0.2) is 0 Å². The van der Waals surface area contributed by atoms with Crippen LogP contribution in [0.4, 0.5) is 0 Å². The maximum absolute atomic E-state index is 11.9. The molecule has 126 valence electrons. The molecule has 1 aliphatic carbocycles. The van der Waals surface area contributed by atoms with Gasteiger partial charge >= 0.3 is 5.97 Å². The Balaban J connectivity index is 1.78. The van der Waals surface area contributed by atoms with Crippen LogP contribution < -0.4 is 4.74 Å². The van der Waals surface area contributed by atoms with Gasteiger partial charge in [0.1, 0.15) is 5.75 Å². The highest BCUT2D eigenvalue weighted by atomic mass is 35.5. The molecular formula is C18H23ClO4. The van der Waals surface area contributed by atoms with E-state index in [1.165, 1.54) is 0 Å². The number of benzene rings is 1. The Kier molecular flexibility index (Phi) is 4.56. The normalized spacial score (nSPS) is 22.2. The van der Waals surface area contributed by atoms with Gasteiger partial charge in [0, 0.05) is 5.41 Å². The van der Waals surface area contributed by atoms with Gasteiger partial charge in [-0.2, -0.15) is 0 Å². The molecule has 0 unspecified atom stereocenters. The molecule has 2 fully saturated rings. The number of rotatable bonds is 5. The molecule has 0 atom stereocenters. The van der Waals surface area contributed by atoms with Crippen molar-refractivity contribution >= 4 is 17.6 Å². The van der Waals surface area contributed by atoms with Crippen molar-refractivity contribution in [1.29, 1.82) is 0 Å². The fraction of sp³-hybridized carbons (Fsp3) is 0.611. The van der Waals surface area contributed by atoms with Crippen LogP contribution >= 0.6 is 11.6 Å². The highest BCUT2D eigenvalue weighted by Crippen LogP contribution is 2.42. The lowest BCUT2D eigenvalue weighted by molar-refractivity contribution is -0.145. The molecule has 0 spiro atoms. The summed E-state index contributed by atoms with van der Waals surface area (Å²) < 4.78 is 11.0. The molecule has 1 aliphatic heterocycles. The molecule has 0 amide bonds. The summed E-state index contributed by atoms with van der Waals surface area (Å²) in [7, 11) is 0. The SMILES string of the molecule is CC1(COc2ccc(C3(C(=O)O)CCCCC3)cc2Cl)COC1. The zero-order valence-corrected chi connectivity index (χ0v) is 14.2. The highest BCUT2D eigenvalue weighted by molar-refractivity contribution is 6.32. The van der Waals surface area contributed by atoms with Crippen LogP contribution in [-0.4, -0.2) is 30.9 Å². The maximum atomic E-state index is 11.9. The molecular weight excluding hydrogens is 316 g/mol. The molecule has 1 N–H and O–H groups in total. The van der Waals surface area contributed by atoms with Gasteiger partial charge < -0.3 is 14.6 Å². The number of hydrogen-bond acceptors (Lipinski definition) is 3. The molecule has 3 rings (SSSR count). The summed E-state index contributed by atoms with van der Waals surface area (Å²) >= 11 is 6.36. The van der Waals surface area contributed by atoms with Crippen molar-refractivity contribution in [2.24, 2.45) is 5.41 Å². The van der Waals surface area contributed by atoms with Crippen molar-refractivity contribution in [2.75, 3.05) is 19.8 Å². The summed E-state index contributed by atoms with van der Waals surface area (Å²) in [4.78, 5) is 11.9. The van der Waals surface area contributed by atoms with E-state index in [4.69, 9.17) is 21.1 Å². The molecule has 23 heavy (non-hydrogen) atoms. The average molecular weight is 339 g/mol. The van der Waals surface area contributed by atoms with Crippen LogP contribution in [0.25, 0.3) is 0 Å². The Hall–Kier alpha value is -1.26. The van der Waals surface area contributed by atoms with E-state index in [9.17, 15) is 9.90 Å². The van der Waals surface area contributed by atoms with Crippen LogP contribution in [0.1, 0.15) is 44.6 Å². The molecule has 4 nitrogen and oxygen atoms in total. The van der Waals surface area contributed by atoms with Gasteiger partial charge in [0.25, 0.3) is 0 Å². The Bertz CT molecular complexity index is 589. The monoisotopic (exact) mass is 338 g/mol. The molecule has 1 heterocycles. The minimum Gasteiger partial charge on any atom is -0.491 e. The number of ether oxygens (including phenoxy) is 2. The van der Waals surface area contributed by atoms with E-state index in [-0.39, 0.29) is 5.41 Å². The smallest absolute Gasteiger partial charge is 0.314 e. The predicted octanol–water partition coefficient (Wildman–Crippen LogP) is 4.04. The first-order valence-electron chi connectivity index (χ1n) is 8.19. The number of aliphatic carboxylic acids is 1. The van der Waals surface area contributed by atoms with Crippen molar-refractivity contribution in [2.45, 2.75) is 44.4 Å². The first-order valence-corrected chi connectivity index (χ1v) is 8.57. The summed E-state index contributed by atoms with van der Waals surface area (Å²) in [5.74, 6) is -0.138. The fourth-order valence-electron chi connectivity index (χ4n) is 3.48.